The van der Waals surface area contributed by atoms with Gasteiger partial charge in [-0.2, -0.15) is 0 Å². The molecule has 0 aromatic rings. The van der Waals surface area contributed by atoms with Gasteiger partial charge < -0.3 is 14.2 Å². The van der Waals surface area contributed by atoms with E-state index >= 15 is 0 Å². The third kappa shape index (κ3) is 8.55. The van der Waals surface area contributed by atoms with Crippen LogP contribution in [0.25, 0.3) is 0 Å². The lowest BCUT2D eigenvalue weighted by Crippen LogP contribution is -2.38. The van der Waals surface area contributed by atoms with Crippen molar-refractivity contribution >= 4 is 10.2 Å². The lowest BCUT2D eigenvalue weighted by Gasteiger charge is -2.27. The molecule has 0 aromatic heterocycles. The molecule has 0 spiro atoms. The first-order valence-corrected chi connectivity index (χ1v) is 6.56. The van der Waals surface area contributed by atoms with Crippen molar-refractivity contribution in [3.8, 4) is 0 Å². The number of methoxy groups -OCH3 is 2. The molecule has 0 aliphatic carbocycles. The quantitative estimate of drug-likeness (QED) is 0.361. The second-order valence-corrected chi connectivity index (χ2v) is 5.18. The third-order valence-corrected chi connectivity index (χ3v) is 3.20. The maximum absolute atomic E-state index is 5.48. The van der Waals surface area contributed by atoms with E-state index in [0.29, 0.717) is 12.5 Å². The normalized spacial score (nSPS) is 13.5. The molecule has 0 bridgehead atoms. The van der Waals surface area contributed by atoms with Crippen molar-refractivity contribution in [3.63, 3.8) is 0 Å². The standard InChI is InChI=1S/C13H25O3Si/c1-11(2)7-6-8-12(3)9-10-16-13(17,14-4)15-5/h7,12H,6,8-10H2,1-5H3. The lowest BCUT2D eigenvalue weighted by atomic mass is 10.0. The van der Waals surface area contributed by atoms with E-state index in [-0.39, 0.29) is 0 Å². The zero-order chi connectivity index (χ0) is 13.3. The first-order chi connectivity index (χ1) is 7.93. The van der Waals surface area contributed by atoms with Crippen molar-refractivity contribution in [2.45, 2.75) is 45.6 Å². The van der Waals surface area contributed by atoms with E-state index < -0.39 is 5.60 Å². The number of hydrogen-bond acceptors (Lipinski definition) is 3. The molecule has 0 aliphatic rings. The molecule has 1 unspecified atom stereocenters. The van der Waals surface area contributed by atoms with E-state index in [4.69, 9.17) is 14.2 Å². The van der Waals surface area contributed by atoms with Crippen LogP contribution in [0.4, 0.5) is 0 Å². The van der Waals surface area contributed by atoms with Gasteiger partial charge in [0.25, 0.3) is 0 Å². The zero-order valence-electron chi connectivity index (χ0n) is 11.7. The van der Waals surface area contributed by atoms with Crippen LogP contribution in [0, 0.1) is 5.92 Å². The molecular formula is C13H25O3Si. The van der Waals surface area contributed by atoms with E-state index in [9.17, 15) is 0 Å². The van der Waals surface area contributed by atoms with Gasteiger partial charge in [0.05, 0.1) is 6.61 Å². The Balaban J connectivity index is 3.70. The number of ether oxygens (including phenoxy) is 3. The van der Waals surface area contributed by atoms with Crippen LogP contribution in [-0.4, -0.2) is 36.7 Å². The van der Waals surface area contributed by atoms with Gasteiger partial charge >= 0.3 is 0 Å². The van der Waals surface area contributed by atoms with Gasteiger partial charge in [-0.05, 0) is 39.0 Å². The smallest absolute Gasteiger partial charge is 0.248 e. The van der Waals surface area contributed by atoms with Gasteiger partial charge in [0.15, 0.2) is 10.2 Å². The van der Waals surface area contributed by atoms with Crippen LogP contribution >= 0.6 is 0 Å². The van der Waals surface area contributed by atoms with Crippen molar-refractivity contribution in [3.05, 3.63) is 11.6 Å². The predicted molar refractivity (Wildman–Crippen MR) is 70.9 cm³/mol. The Bertz CT molecular complexity index is 221. The summed E-state index contributed by atoms with van der Waals surface area (Å²) in [5.41, 5.74) is 0.283. The maximum Gasteiger partial charge on any atom is 0.248 e. The summed E-state index contributed by atoms with van der Waals surface area (Å²) in [6.45, 7) is 7.10. The third-order valence-electron chi connectivity index (χ3n) is 2.65. The van der Waals surface area contributed by atoms with E-state index in [2.05, 4.69) is 37.1 Å². The highest BCUT2D eigenvalue weighted by Crippen LogP contribution is 2.14. The largest absolute Gasteiger partial charge is 0.336 e. The highest BCUT2D eigenvalue weighted by Gasteiger charge is 2.23. The summed E-state index contributed by atoms with van der Waals surface area (Å²) in [5, 5.41) is 0. The minimum atomic E-state index is -1.10. The predicted octanol–water partition coefficient (Wildman–Crippen LogP) is 2.85. The van der Waals surface area contributed by atoms with Gasteiger partial charge in [0, 0.05) is 14.2 Å². The number of hydrogen-bond donors (Lipinski definition) is 0. The molecule has 0 saturated heterocycles. The SMILES string of the molecule is COC([Si])(OC)OCCC(C)CCC=C(C)C. The van der Waals surface area contributed by atoms with E-state index in [0.717, 1.165) is 12.8 Å². The first kappa shape index (κ1) is 16.8. The minimum Gasteiger partial charge on any atom is -0.336 e. The van der Waals surface area contributed by atoms with Gasteiger partial charge in [-0.1, -0.05) is 18.6 Å². The summed E-state index contributed by atoms with van der Waals surface area (Å²) < 4.78 is 15.6. The molecule has 0 amide bonds. The van der Waals surface area contributed by atoms with Gasteiger partial charge in [-0.25, -0.2) is 0 Å². The van der Waals surface area contributed by atoms with Gasteiger partial charge in [-0.3, -0.25) is 0 Å². The Hall–Kier alpha value is -0.163. The molecular weight excluding hydrogens is 232 g/mol. The second kappa shape index (κ2) is 8.86. The molecule has 3 radical (unpaired) electrons. The van der Waals surface area contributed by atoms with E-state index in [1.54, 1.807) is 0 Å². The molecule has 0 rings (SSSR count). The first-order valence-electron chi connectivity index (χ1n) is 6.06. The second-order valence-electron chi connectivity index (χ2n) is 4.57. The minimum absolute atomic E-state index is 0.612. The van der Waals surface area contributed by atoms with Crippen molar-refractivity contribution in [2.75, 3.05) is 20.8 Å². The Labute approximate surface area is 109 Å². The van der Waals surface area contributed by atoms with Crippen molar-refractivity contribution in [1.82, 2.24) is 0 Å². The monoisotopic (exact) mass is 257 g/mol. The lowest BCUT2D eigenvalue weighted by molar-refractivity contribution is -0.304. The molecule has 0 aliphatic heterocycles. The molecule has 0 N–H and O–H groups in total. The van der Waals surface area contributed by atoms with Crippen LogP contribution in [0.1, 0.15) is 40.0 Å². The number of rotatable bonds is 9. The number of allylic oxidation sites excluding steroid dienone is 2. The molecule has 99 valence electrons. The van der Waals surface area contributed by atoms with Crippen LogP contribution in [-0.2, 0) is 14.2 Å². The Morgan fingerprint density at radius 2 is 1.82 bits per heavy atom. The maximum atomic E-state index is 5.48. The van der Waals surface area contributed by atoms with Crippen LogP contribution < -0.4 is 0 Å². The van der Waals surface area contributed by atoms with Crippen molar-refractivity contribution in [1.29, 1.82) is 0 Å². The van der Waals surface area contributed by atoms with Gasteiger partial charge in [-0.15, -0.1) is 0 Å². The van der Waals surface area contributed by atoms with Gasteiger partial charge in [0.2, 0.25) is 5.60 Å². The molecule has 0 fully saturated rings. The molecule has 4 heteroatoms. The van der Waals surface area contributed by atoms with Crippen LogP contribution in [0.15, 0.2) is 11.6 Å². The van der Waals surface area contributed by atoms with Crippen LogP contribution in [0.5, 0.6) is 0 Å². The Morgan fingerprint density at radius 3 is 2.29 bits per heavy atom. The molecule has 3 nitrogen and oxygen atoms in total. The highest BCUT2D eigenvalue weighted by molar-refractivity contribution is 6.12. The summed E-state index contributed by atoms with van der Waals surface area (Å²) in [6.07, 6.45) is 5.59. The highest BCUT2D eigenvalue weighted by atomic mass is 28.1. The summed E-state index contributed by atoms with van der Waals surface area (Å²) in [7, 11) is 6.36. The molecule has 0 saturated carbocycles. The zero-order valence-corrected chi connectivity index (χ0v) is 12.7. The van der Waals surface area contributed by atoms with Gasteiger partial charge in [0.1, 0.15) is 0 Å². The fourth-order valence-electron chi connectivity index (χ4n) is 1.40. The average Bonchev–Trinajstić information content (AvgIpc) is 2.28. The van der Waals surface area contributed by atoms with Crippen molar-refractivity contribution in [2.24, 2.45) is 5.92 Å². The summed E-state index contributed by atoms with van der Waals surface area (Å²) in [4.78, 5) is 0. The molecule has 1 atom stereocenters. The Morgan fingerprint density at radius 1 is 1.24 bits per heavy atom. The Kier molecular flexibility index (Phi) is 8.77. The van der Waals surface area contributed by atoms with E-state index in [1.807, 2.05) is 0 Å². The van der Waals surface area contributed by atoms with Crippen LogP contribution in [0.3, 0.4) is 0 Å². The fourth-order valence-corrected chi connectivity index (χ4v) is 1.50. The van der Waals surface area contributed by atoms with Crippen molar-refractivity contribution < 1.29 is 14.2 Å². The molecule has 0 heterocycles. The average molecular weight is 257 g/mol. The fraction of sp³-hybridized carbons (Fsp3) is 0.846. The molecule has 0 aromatic carbocycles. The molecule has 17 heavy (non-hydrogen) atoms. The summed E-state index contributed by atoms with van der Waals surface area (Å²) >= 11 is 0. The summed E-state index contributed by atoms with van der Waals surface area (Å²) in [6, 6.07) is 0. The van der Waals surface area contributed by atoms with Crippen LogP contribution in [0.2, 0.25) is 0 Å². The topological polar surface area (TPSA) is 27.7 Å². The summed E-state index contributed by atoms with van der Waals surface area (Å²) in [5.74, 6) is 0.634. The van der Waals surface area contributed by atoms with E-state index in [1.165, 1.54) is 26.2 Å².